The summed E-state index contributed by atoms with van der Waals surface area (Å²) < 4.78 is 29.2. The first-order chi connectivity index (χ1) is 19.8. The topological polar surface area (TPSA) is 86.8 Å². The molecule has 2 amide bonds. The first-order valence-corrected chi connectivity index (χ1v) is 16.2. The average Bonchev–Trinajstić information content (AvgIpc) is 2.95. The van der Waals surface area contributed by atoms with Crippen molar-refractivity contribution >= 4 is 39.1 Å². The van der Waals surface area contributed by atoms with Crippen molar-refractivity contribution in [3.05, 3.63) is 94.5 Å². The van der Waals surface area contributed by atoms with Crippen LogP contribution < -0.4 is 9.62 Å². The molecule has 0 fully saturated rings. The largest absolute Gasteiger partial charge is 0.354 e. The quantitative estimate of drug-likeness (QED) is 0.238. The summed E-state index contributed by atoms with van der Waals surface area (Å²) in [7, 11) is -4.13. The van der Waals surface area contributed by atoms with Crippen LogP contribution in [0.3, 0.4) is 0 Å². The van der Waals surface area contributed by atoms with Crippen molar-refractivity contribution in [2.75, 3.05) is 17.4 Å². The van der Waals surface area contributed by atoms with E-state index in [1.54, 1.807) is 54.6 Å². The highest BCUT2D eigenvalue weighted by molar-refractivity contribution is 7.92. The molecule has 42 heavy (non-hydrogen) atoms. The molecular weight excluding hydrogens is 570 g/mol. The number of halogens is 1. The van der Waals surface area contributed by atoms with Gasteiger partial charge in [0.25, 0.3) is 10.0 Å². The maximum atomic E-state index is 14.2. The summed E-state index contributed by atoms with van der Waals surface area (Å²) in [6.45, 7) is 11.8. The number of amides is 2. The monoisotopic (exact) mass is 611 g/mol. The lowest BCUT2D eigenvalue weighted by Crippen LogP contribution is -2.52. The van der Waals surface area contributed by atoms with Crippen molar-refractivity contribution < 1.29 is 18.0 Å². The van der Waals surface area contributed by atoms with E-state index in [1.165, 1.54) is 4.90 Å². The average molecular weight is 612 g/mol. The van der Waals surface area contributed by atoms with E-state index < -0.39 is 28.5 Å². The predicted octanol–water partition coefficient (Wildman–Crippen LogP) is 6.55. The van der Waals surface area contributed by atoms with Gasteiger partial charge in [0.15, 0.2) is 0 Å². The van der Waals surface area contributed by atoms with Crippen molar-refractivity contribution in [2.45, 2.75) is 71.4 Å². The van der Waals surface area contributed by atoms with E-state index in [0.717, 1.165) is 15.4 Å². The van der Waals surface area contributed by atoms with E-state index in [9.17, 15) is 18.0 Å². The van der Waals surface area contributed by atoms with Crippen molar-refractivity contribution in [2.24, 2.45) is 5.92 Å². The number of carbonyl (C=O) groups excluding carboxylic acids is 2. The Balaban J connectivity index is 2.07. The number of rotatable bonds is 13. The minimum absolute atomic E-state index is 0.0524. The van der Waals surface area contributed by atoms with Crippen molar-refractivity contribution in [3.8, 4) is 0 Å². The Labute approximate surface area is 255 Å². The van der Waals surface area contributed by atoms with Gasteiger partial charge in [-0.05, 0) is 66.6 Å². The zero-order valence-corrected chi connectivity index (χ0v) is 26.9. The zero-order valence-electron chi connectivity index (χ0n) is 25.3. The van der Waals surface area contributed by atoms with Crippen LogP contribution in [0.5, 0.6) is 0 Å². The molecule has 0 aromatic heterocycles. The van der Waals surface area contributed by atoms with Crippen molar-refractivity contribution in [1.82, 2.24) is 10.2 Å². The van der Waals surface area contributed by atoms with Crippen LogP contribution in [0, 0.1) is 12.8 Å². The van der Waals surface area contributed by atoms with Gasteiger partial charge >= 0.3 is 0 Å². The van der Waals surface area contributed by atoms with Crippen LogP contribution in [-0.4, -0.2) is 44.3 Å². The van der Waals surface area contributed by atoms with E-state index in [0.29, 0.717) is 29.2 Å². The standard InChI is InChI=1S/C33H42ClN3O4S/c1-7-31(33(39)35-20-23(2)3)36(21-27-10-8-9-11-30(27)34)32(38)22-37(28-16-14-26(15-17-28)24(4)5)42(40,41)29-18-12-25(6)13-19-29/h8-19,23-24,31H,7,20-22H2,1-6H3,(H,35,39)/t31-/m1/s1. The SMILES string of the molecule is CC[C@H](C(=O)NCC(C)C)N(Cc1ccccc1Cl)C(=O)CN(c1ccc(C(C)C)cc1)S(=O)(=O)c1ccc(C)cc1. The molecule has 3 aromatic carbocycles. The highest BCUT2D eigenvalue weighted by atomic mass is 35.5. The van der Waals surface area contributed by atoms with Gasteiger partial charge in [-0.25, -0.2) is 8.42 Å². The Morgan fingerprint density at radius 3 is 2.07 bits per heavy atom. The number of nitrogens with zero attached hydrogens (tertiary/aromatic N) is 2. The molecule has 0 spiro atoms. The maximum Gasteiger partial charge on any atom is 0.264 e. The number of nitrogens with one attached hydrogen (secondary N) is 1. The summed E-state index contributed by atoms with van der Waals surface area (Å²) in [4.78, 5) is 29.0. The molecule has 0 unspecified atom stereocenters. The lowest BCUT2D eigenvalue weighted by Gasteiger charge is -2.33. The molecule has 0 aliphatic heterocycles. The second-order valence-electron chi connectivity index (χ2n) is 11.2. The van der Waals surface area contributed by atoms with Gasteiger partial charge in [-0.15, -0.1) is 0 Å². The van der Waals surface area contributed by atoms with Crippen LogP contribution in [0.2, 0.25) is 5.02 Å². The fraction of sp³-hybridized carbons (Fsp3) is 0.394. The van der Waals surface area contributed by atoms with Crippen molar-refractivity contribution in [1.29, 1.82) is 0 Å². The highest BCUT2D eigenvalue weighted by Gasteiger charge is 2.34. The minimum Gasteiger partial charge on any atom is -0.354 e. The molecular formula is C33H42ClN3O4S. The van der Waals surface area contributed by atoms with Crippen LogP contribution in [-0.2, 0) is 26.2 Å². The molecule has 1 N–H and O–H groups in total. The molecule has 0 bridgehead atoms. The van der Waals surface area contributed by atoms with Crippen LogP contribution in [0.4, 0.5) is 5.69 Å². The van der Waals surface area contributed by atoms with E-state index in [4.69, 9.17) is 11.6 Å². The zero-order chi connectivity index (χ0) is 31.0. The summed E-state index contributed by atoms with van der Waals surface area (Å²) >= 11 is 6.47. The van der Waals surface area contributed by atoms with Crippen LogP contribution in [0.15, 0.2) is 77.7 Å². The molecule has 1 atom stereocenters. The number of benzene rings is 3. The smallest absolute Gasteiger partial charge is 0.264 e. The second kappa shape index (κ2) is 14.7. The summed E-state index contributed by atoms with van der Waals surface area (Å²) in [6, 6.07) is 20.0. The van der Waals surface area contributed by atoms with Gasteiger partial charge in [0.05, 0.1) is 10.6 Å². The molecule has 0 aliphatic rings. The Bertz CT molecular complexity index is 1460. The molecule has 0 saturated heterocycles. The van der Waals surface area contributed by atoms with Gasteiger partial charge in [-0.3, -0.25) is 13.9 Å². The summed E-state index contributed by atoms with van der Waals surface area (Å²) in [5.41, 5.74) is 2.99. The molecule has 226 valence electrons. The van der Waals surface area contributed by atoms with Crippen LogP contribution >= 0.6 is 11.6 Å². The van der Waals surface area contributed by atoms with E-state index in [-0.39, 0.29) is 29.2 Å². The molecule has 9 heteroatoms. The Morgan fingerprint density at radius 1 is 0.905 bits per heavy atom. The molecule has 3 rings (SSSR count). The fourth-order valence-corrected chi connectivity index (χ4v) is 6.15. The lowest BCUT2D eigenvalue weighted by atomic mass is 10.0. The summed E-state index contributed by atoms with van der Waals surface area (Å²) in [5.74, 6) is -0.322. The molecule has 3 aromatic rings. The van der Waals surface area contributed by atoms with Crippen LogP contribution in [0.25, 0.3) is 0 Å². The third-order valence-corrected chi connectivity index (χ3v) is 9.26. The van der Waals surface area contributed by atoms with Crippen LogP contribution in [0.1, 0.15) is 63.6 Å². The second-order valence-corrected chi connectivity index (χ2v) is 13.5. The Kier molecular flexibility index (Phi) is 11.6. The third-order valence-electron chi connectivity index (χ3n) is 7.10. The number of hydrogen-bond acceptors (Lipinski definition) is 4. The summed E-state index contributed by atoms with van der Waals surface area (Å²) in [5, 5.41) is 3.39. The van der Waals surface area contributed by atoms with Gasteiger partial charge in [0, 0.05) is 18.1 Å². The Hall–Kier alpha value is -3.36. The Morgan fingerprint density at radius 2 is 1.52 bits per heavy atom. The van der Waals surface area contributed by atoms with E-state index >= 15 is 0 Å². The van der Waals surface area contributed by atoms with Gasteiger partial charge in [-0.2, -0.15) is 0 Å². The highest BCUT2D eigenvalue weighted by Crippen LogP contribution is 2.27. The van der Waals surface area contributed by atoms with Crippen molar-refractivity contribution in [3.63, 3.8) is 0 Å². The van der Waals surface area contributed by atoms with E-state index in [1.807, 2.05) is 45.9 Å². The van der Waals surface area contributed by atoms with Gasteiger partial charge in [-0.1, -0.05) is 94.2 Å². The number of anilines is 1. The maximum absolute atomic E-state index is 14.2. The van der Waals surface area contributed by atoms with Gasteiger partial charge in [0.2, 0.25) is 11.8 Å². The lowest BCUT2D eigenvalue weighted by molar-refractivity contribution is -0.140. The third kappa shape index (κ3) is 8.35. The van der Waals surface area contributed by atoms with Gasteiger partial charge in [0.1, 0.15) is 12.6 Å². The fourth-order valence-electron chi connectivity index (χ4n) is 4.54. The number of sulfonamides is 1. The molecule has 0 saturated carbocycles. The minimum atomic E-state index is -4.13. The number of hydrogen-bond donors (Lipinski definition) is 1. The summed E-state index contributed by atoms with van der Waals surface area (Å²) in [6.07, 6.45) is 0.341. The first kappa shape index (κ1) is 33.1. The normalized spacial score (nSPS) is 12.3. The molecule has 0 aliphatic carbocycles. The first-order valence-electron chi connectivity index (χ1n) is 14.3. The number of aryl methyl sites for hydroxylation is 1. The van der Waals surface area contributed by atoms with E-state index in [2.05, 4.69) is 19.2 Å². The molecule has 0 radical (unpaired) electrons. The molecule has 0 heterocycles. The predicted molar refractivity (Wildman–Crippen MR) is 170 cm³/mol. The molecule has 7 nitrogen and oxygen atoms in total. The van der Waals surface area contributed by atoms with Gasteiger partial charge < -0.3 is 10.2 Å². The number of carbonyl (C=O) groups is 2.